The van der Waals surface area contributed by atoms with Crippen molar-refractivity contribution in [3.05, 3.63) is 23.8 Å². The van der Waals surface area contributed by atoms with E-state index < -0.39 is 5.97 Å². The van der Waals surface area contributed by atoms with Gasteiger partial charge in [-0.2, -0.15) is 0 Å². The number of rotatable bonds is 4. The Bertz CT molecular complexity index is 615. The lowest BCUT2D eigenvalue weighted by Gasteiger charge is -2.30. The van der Waals surface area contributed by atoms with Crippen molar-refractivity contribution in [2.45, 2.75) is 26.2 Å². The van der Waals surface area contributed by atoms with Crippen LogP contribution in [0.1, 0.15) is 25.3 Å². The average molecular weight is 333 g/mol. The topological polar surface area (TPSA) is 65.1 Å². The number of fused-ring (bicyclic) bond motifs is 1. The minimum absolute atomic E-state index is 0.111. The van der Waals surface area contributed by atoms with Crippen molar-refractivity contribution in [1.29, 1.82) is 0 Å². The van der Waals surface area contributed by atoms with Gasteiger partial charge in [0.2, 0.25) is 0 Å². The maximum absolute atomic E-state index is 12.1. The lowest BCUT2D eigenvalue weighted by atomic mass is 10.0. The fraction of sp³-hybridized carbons (Fsp3) is 0.556. The molecule has 1 unspecified atom stereocenters. The predicted octanol–water partition coefficient (Wildman–Crippen LogP) is 1.80. The Morgan fingerprint density at radius 2 is 2.04 bits per heavy atom. The van der Waals surface area contributed by atoms with Gasteiger partial charge in [-0.25, -0.2) is 0 Å². The summed E-state index contributed by atoms with van der Waals surface area (Å²) in [6.45, 7) is 4.49. The van der Waals surface area contributed by atoms with Gasteiger partial charge in [0.1, 0.15) is 13.2 Å². The summed E-state index contributed by atoms with van der Waals surface area (Å²) >= 11 is 0. The lowest BCUT2D eigenvalue weighted by molar-refractivity contribution is -0.152. The van der Waals surface area contributed by atoms with Crippen LogP contribution in [0.4, 0.5) is 0 Å². The largest absolute Gasteiger partial charge is 0.486 e. The number of nitrogens with zero attached hydrogens (tertiary/aromatic N) is 1. The molecule has 2 heterocycles. The first-order valence-corrected chi connectivity index (χ1v) is 8.44. The first-order chi connectivity index (χ1) is 11.6. The van der Waals surface area contributed by atoms with Gasteiger partial charge in [-0.1, -0.05) is 13.0 Å². The SMILES string of the molecule is CC1CCCN(C(=O)COC(=O)Cc2ccc3c(c2)OCCO3)C1. The number of benzene rings is 1. The standard InChI is InChI=1S/C18H23NO5/c1-13-3-2-6-19(11-13)17(20)12-24-18(21)10-14-4-5-15-16(9-14)23-8-7-22-15/h4-5,9,13H,2-3,6-8,10-12H2,1H3. The second-order valence-electron chi connectivity index (χ2n) is 6.40. The van der Waals surface area contributed by atoms with Crippen LogP contribution in [0, 0.1) is 5.92 Å². The zero-order valence-electron chi connectivity index (χ0n) is 14.0. The van der Waals surface area contributed by atoms with Gasteiger partial charge in [0.05, 0.1) is 6.42 Å². The molecule has 6 heteroatoms. The number of likely N-dealkylation sites (tertiary alicyclic amines) is 1. The highest BCUT2D eigenvalue weighted by Gasteiger charge is 2.22. The normalized spacial score (nSPS) is 19.7. The predicted molar refractivity (Wildman–Crippen MR) is 87.1 cm³/mol. The molecule has 2 aliphatic rings. The molecule has 0 radical (unpaired) electrons. The molecule has 1 saturated heterocycles. The van der Waals surface area contributed by atoms with Crippen LogP contribution < -0.4 is 9.47 Å². The molecule has 1 aromatic carbocycles. The summed E-state index contributed by atoms with van der Waals surface area (Å²) in [5, 5.41) is 0. The molecule has 3 rings (SSSR count). The summed E-state index contributed by atoms with van der Waals surface area (Å²) in [4.78, 5) is 25.9. The second-order valence-corrected chi connectivity index (χ2v) is 6.40. The van der Waals surface area contributed by atoms with E-state index in [1.807, 2.05) is 6.07 Å². The molecule has 2 aliphatic heterocycles. The van der Waals surface area contributed by atoms with Crippen LogP contribution in [0.25, 0.3) is 0 Å². The van der Waals surface area contributed by atoms with Crippen LogP contribution in [-0.4, -0.2) is 49.7 Å². The van der Waals surface area contributed by atoms with Gasteiger partial charge in [-0.3, -0.25) is 9.59 Å². The molecule has 0 aromatic heterocycles. The van der Waals surface area contributed by atoms with Crippen LogP contribution in [0.15, 0.2) is 18.2 Å². The molecular weight excluding hydrogens is 310 g/mol. The highest BCUT2D eigenvalue weighted by molar-refractivity contribution is 5.81. The third kappa shape index (κ3) is 4.19. The molecule has 1 amide bonds. The maximum Gasteiger partial charge on any atom is 0.310 e. The van der Waals surface area contributed by atoms with Crippen molar-refractivity contribution in [1.82, 2.24) is 4.90 Å². The second kappa shape index (κ2) is 7.55. The van der Waals surface area contributed by atoms with Crippen LogP contribution in [0.5, 0.6) is 11.5 Å². The summed E-state index contributed by atoms with van der Waals surface area (Å²) in [5.41, 5.74) is 0.781. The van der Waals surface area contributed by atoms with Gasteiger partial charge in [0, 0.05) is 13.1 Å². The quantitative estimate of drug-likeness (QED) is 0.786. The average Bonchev–Trinajstić information content (AvgIpc) is 2.59. The summed E-state index contributed by atoms with van der Waals surface area (Å²) in [6, 6.07) is 5.38. The highest BCUT2D eigenvalue weighted by Crippen LogP contribution is 2.30. The van der Waals surface area contributed by atoms with E-state index in [2.05, 4.69) is 6.92 Å². The fourth-order valence-electron chi connectivity index (χ4n) is 3.06. The molecular formula is C18H23NO5. The van der Waals surface area contributed by atoms with Gasteiger partial charge in [-0.05, 0) is 36.5 Å². The Labute approximate surface area is 141 Å². The van der Waals surface area contributed by atoms with Crippen molar-refractivity contribution >= 4 is 11.9 Å². The van der Waals surface area contributed by atoms with E-state index in [9.17, 15) is 9.59 Å². The molecule has 0 bridgehead atoms. The third-order valence-corrected chi connectivity index (χ3v) is 4.32. The molecule has 0 N–H and O–H groups in total. The van der Waals surface area contributed by atoms with Crippen molar-refractivity contribution in [2.24, 2.45) is 5.92 Å². The third-order valence-electron chi connectivity index (χ3n) is 4.32. The highest BCUT2D eigenvalue weighted by atomic mass is 16.6. The van der Waals surface area contributed by atoms with E-state index in [0.717, 1.165) is 31.5 Å². The molecule has 1 atom stereocenters. The number of hydrogen-bond donors (Lipinski definition) is 0. The molecule has 6 nitrogen and oxygen atoms in total. The maximum atomic E-state index is 12.1. The van der Waals surface area contributed by atoms with Crippen molar-refractivity contribution in [3.8, 4) is 11.5 Å². The van der Waals surface area contributed by atoms with Crippen molar-refractivity contribution < 1.29 is 23.8 Å². The monoisotopic (exact) mass is 333 g/mol. The number of piperidine rings is 1. The Hall–Kier alpha value is -2.24. The number of carbonyl (C=O) groups is 2. The van der Waals surface area contributed by atoms with E-state index >= 15 is 0 Å². The van der Waals surface area contributed by atoms with Crippen molar-refractivity contribution in [3.63, 3.8) is 0 Å². The molecule has 24 heavy (non-hydrogen) atoms. The Kier molecular flexibility index (Phi) is 5.23. The van der Waals surface area contributed by atoms with E-state index in [4.69, 9.17) is 14.2 Å². The molecule has 130 valence electrons. The number of esters is 1. The smallest absolute Gasteiger partial charge is 0.310 e. The number of ether oxygens (including phenoxy) is 3. The van der Waals surface area contributed by atoms with Gasteiger partial charge in [0.15, 0.2) is 18.1 Å². The Morgan fingerprint density at radius 3 is 2.83 bits per heavy atom. The Morgan fingerprint density at radius 1 is 1.25 bits per heavy atom. The van der Waals surface area contributed by atoms with Gasteiger partial charge >= 0.3 is 5.97 Å². The fourth-order valence-corrected chi connectivity index (χ4v) is 3.06. The number of hydrogen-bond acceptors (Lipinski definition) is 5. The summed E-state index contributed by atoms with van der Waals surface area (Å²) in [7, 11) is 0. The number of carbonyl (C=O) groups excluding carboxylic acids is 2. The van der Waals surface area contributed by atoms with Crippen LogP contribution in [0.3, 0.4) is 0 Å². The van der Waals surface area contributed by atoms with E-state index in [1.54, 1.807) is 17.0 Å². The molecule has 1 aromatic rings. The van der Waals surface area contributed by atoms with Gasteiger partial charge < -0.3 is 19.1 Å². The minimum atomic E-state index is -0.412. The first kappa shape index (κ1) is 16.6. The molecule has 0 aliphatic carbocycles. The van der Waals surface area contributed by atoms with Gasteiger partial charge in [-0.15, -0.1) is 0 Å². The number of amides is 1. The van der Waals surface area contributed by atoms with E-state index in [0.29, 0.717) is 30.6 Å². The van der Waals surface area contributed by atoms with E-state index in [-0.39, 0.29) is 18.9 Å². The zero-order valence-corrected chi connectivity index (χ0v) is 14.0. The summed E-state index contributed by atoms with van der Waals surface area (Å²) in [6.07, 6.45) is 2.27. The molecule has 0 spiro atoms. The summed E-state index contributed by atoms with van der Waals surface area (Å²) < 4.78 is 16.1. The van der Waals surface area contributed by atoms with Crippen LogP contribution in [-0.2, 0) is 20.7 Å². The summed E-state index contributed by atoms with van der Waals surface area (Å²) in [5.74, 6) is 1.32. The molecule has 1 fully saturated rings. The lowest BCUT2D eigenvalue weighted by Crippen LogP contribution is -2.41. The minimum Gasteiger partial charge on any atom is -0.486 e. The molecule has 0 saturated carbocycles. The van der Waals surface area contributed by atoms with Crippen molar-refractivity contribution in [2.75, 3.05) is 32.9 Å². The first-order valence-electron chi connectivity index (χ1n) is 8.44. The Balaban J connectivity index is 1.48. The van der Waals surface area contributed by atoms with E-state index in [1.165, 1.54) is 0 Å². The van der Waals surface area contributed by atoms with Crippen LogP contribution >= 0.6 is 0 Å². The zero-order chi connectivity index (χ0) is 16.9. The van der Waals surface area contributed by atoms with Gasteiger partial charge in [0.25, 0.3) is 5.91 Å². The van der Waals surface area contributed by atoms with Crippen LogP contribution in [0.2, 0.25) is 0 Å².